The Morgan fingerprint density at radius 3 is 2.52 bits per heavy atom. The third-order valence-electron chi connectivity index (χ3n) is 4.67. The highest BCUT2D eigenvalue weighted by Crippen LogP contribution is 2.28. The molecule has 0 aliphatic carbocycles. The van der Waals surface area contributed by atoms with Crippen LogP contribution in [0.2, 0.25) is 10.0 Å². The molecule has 0 aliphatic heterocycles. The highest BCUT2D eigenvalue weighted by Gasteiger charge is 2.23. The second kappa shape index (κ2) is 7.75. The number of aromatic nitrogens is 1. The van der Waals surface area contributed by atoms with Crippen LogP contribution in [-0.4, -0.2) is 10.5 Å². The molecule has 0 bridgehead atoms. The Morgan fingerprint density at radius 1 is 1.11 bits per heavy atom. The van der Waals surface area contributed by atoms with Crippen LogP contribution in [0.5, 0.6) is 0 Å². The van der Waals surface area contributed by atoms with Crippen LogP contribution in [-0.2, 0) is 4.79 Å². The molecule has 2 aromatic carbocycles. The van der Waals surface area contributed by atoms with Gasteiger partial charge in [-0.2, -0.15) is 0 Å². The van der Waals surface area contributed by atoms with Gasteiger partial charge < -0.3 is 5.32 Å². The molecule has 0 fully saturated rings. The molecule has 1 N–H and O–H groups in total. The predicted molar refractivity (Wildman–Crippen MR) is 112 cm³/mol. The van der Waals surface area contributed by atoms with Gasteiger partial charge in [-0.05, 0) is 49.6 Å². The highest BCUT2D eigenvalue weighted by molar-refractivity contribution is 6.36. The number of hydrogen-bond acceptors (Lipinski definition) is 2. The van der Waals surface area contributed by atoms with E-state index in [-0.39, 0.29) is 11.5 Å². The van der Waals surface area contributed by atoms with Crippen molar-refractivity contribution in [1.29, 1.82) is 0 Å². The molecule has 1 unspecified atom stereocenters. The lowest BCUT2D eigenvalue weighted by atomic mass is 10.0. The van der Waals surface area contributed by atoms with Crippen molar-refractivity contribution in [3.63, 3.8) is 0 Å². The maximum atomic E-state index is 13.0. The van der Waals surface area contributed by atoms with Crippen LogP contribution >= 0.6 is 23.2 Å². The zero-order chi connectivity index (χ0) is 19.7. The fourth-order valence-corrected chi connectivity index (χ4v) is 3.80. The van der Waals surface area contributed by atoms with Crippen molar-refractivity contribution in [2.75, 3.05) is 5.32 Å². The lowest BCUT2D eigenvalue weighted by Crippen LogP contribution is -2.33. The molecule has 3 aromatic rings. The van der Waals surface area contributed by atoms with Crippen molar-refractivity contribution in [2.45, 2.75) is 33.2 Å². The first-order valence-electron chi connectivity index (χ1n) is 8.71. The van der Waals surface area contributed by atoms with Gasteiger partial charge in [0.15, 0.2) is 0 Å². The van der Waals surface area contributed by atoms with Gasteiger partial charge in [-0.1, -0.05) is 48.3 Å². The van der Waals surface area contributed by atoms with E-state index in [2.05, 4.69) is 5.32 Å². The van der Waals surface area contributed by atoms with Gasteiger partial charge >= 0.3 is 0 Å². The van der Waals surface area contributed by atoms with Gasteiger partial charge in [0.05, 0.1) is 16.2 Å². The first kappa shape index (κ1) is 19.5. The number of nitrogens with one attached hydrogen (secondary N) is 1. The van der Waals surface area contributed by atoms with Crippen LogP contribution in [0.4, 0.5) is 5.69 Å². The Kier molecular flexibility index (Phi) is 5.59. The van der Waals surface area contributed by atoms with Gasteiger partial charge in [-0.15, -0.1) is 0 Å². The third-order valence-corrected chi connectivity index (χ3v) is 5.22. The molecule has 140 valence electrons. The maximum Gasteiger partial charge on any atom is 0.252 e. The molecule has 0 aliphatic rings. The van der Waals surface area contributed by atoms with Crippen LogP contribution in [0.25, 0.3) is 10.9 Å². The van der Waals surface area contributed by atoms with Crippen molar-refractivity contribution < 1.29 is 4.79 Å². The zero-order valence-corrected chi connectivity index (χ0v) is 16.9. The second-order valence-electron chi connectivity index (χ2n) is 6.54. The summed E-state index contributed by atoms with van der Waals surface area (Å²) >= 11 is 12.1. The summed E-state index contributed by atoms with van der Waals surface area (Å²) in [4.78, 5) is 25.8. The molecule has 27 heavy (non-hydrogen) atoms. The molecule has 1 aromatic heterocycles. The number of amides is 1. The molecule has 4 nitrogen and oxygen atoms in total. The van der Waals surface area contributed by atoms with Crippen LogP contribution < -0.4 is 10.9 Å². The summed E-state index contributed by atoms with van der Waals surface area (Å²) in [5.74, 6) is -0.294. The van der Waals surface area contributed by atoms with Crippen molar-refractivity contribution in [3.05, 3.63) is 74.0 Å². The van der Waals surface area contributed by atoms with Gasteiger partial charge in [0.2, 0.25) is 5.91 Å². The summed E-state index contributed by atoms with van der Waals surface area (Å²) in [5.41, 5.74) is 2.89. The fourth-order valence-electron chi connectivity index (χ4n) is 3.34. The van der Waals surface area contributed by atoms with E-state index in [1.165, 1.54) is 0 Å². The summed E-state index contributed by atoms with van der Waals surface area (Å²) < 4.78 is 1.58. The number of aryl methyl sites for hydroxylation is 2. The molecule has 0 saturated carbocycles. The van der Waals surface area contributed by atoms with Gasteiger partial charge in [0, 0.05) is 16.5 Å². The standard InChI is InChI=1S/C21H20Cl2N2O2/c1-4-18(21(27)24-17-9-8-14(22)11-16(17)23)25-19(26)10-13(3)15-7-5-6-12(2)20(15)25/h5-11,18H,4H2,1-3H3,(H,24,27). The first-order chi connectivity index (χ1) is 12.8. The van der Waals surface area contributed by atoms with Crippen LogP contribution in [0.3, 0.4) is 0 Å². The van der Waals surface area contributed by atoms with E-state index >= 15 is 0 Å². The summed E-state index contributed by atoms with van der Waals surface area (Å²) in [6, 6.07) is 11.6. The van der Waals surface area contributed by atoms with E-state index in [4.69, 9.17) is 23.2 Å². The molecule has 1 atom stereocenters. The Morgan fingerprint density at radius 2 is 1.85 bits per heavy atom. The van der Waals surface area contributed by atoms with Crippen molar-refractivity contribution in [2.24, 2.45) is 0 Å². The predicted octanol–water partition coefficient (Wildman–Crippen LogP) is 5.51. The van der Waals surface area contributed by atoms with E-state index < -0.39 is 6.04 Å². The Labute approximate surface area is 167 Å². The second-order valence-corrected chi connectivity index (χ2v) is 7.39. The minimum Gasteiger partial charge on any atom is -0.323 e. The summed E-state index contributed by atoms with van der Waals surface area (Å²) in [6.45, 7) is 5.73. The van der Waals surface area contributed by atoms with Crippen LogP contribution in [0, 0.1) is 13.8 Å². The molecule has 3 rings (SSSR count). The third kappa shape index (κ3) is 3.73. The average molecular weight is 403 g/mol. The van der Waals surface area contributed by atoms with E-state index in [0.717, 1.165) is 22.0 Å². The number of carbonyl (C=O) groups excluding carboxylic acids is 1. The van der Waals surface area contributed by atoms with E-state index in [9.17, 15) is 9.59 Å². The lowest BCUT2D eigenvalue weighted by Gasteiger charge is -2.22. The number of nitrogens with zero attached hydrogens (tertiary/aromatic N) is 1. The number of halogens is 2. The van der Waals surface area contributed by atoms with Crippen molar-refractivity contribution in [1.82, 2.24) is 4.57 Å². The molecule has 0 radical (unpaired) electrons. The number of fused-ring (bicyclic) bond motifs is 1. The highest BCUT2D eigenvalue weighted by atomic mass is 35.5. The minimum absolute atomic E-state index is 0.196. The Balaban J connectivity index is 2.11. The SMILES string of the molecule is CCC(C(=O)Nc1ccc(Cl)cc1Cl)n1c(=O)cc(C)c2cccc(C)c21. The Hall–Kier alpha value is -2.30. The van der Waals surface area contributed by atoms with E-state index in [1.54, 1.807) is 28.8 Å². The summed E-state index contributed by atoms with van der Waals surface area (Å²) in [6.07, 6.45) is 0.462. The van der Waals surface area contributed by atoms with Gasteiger partial charge in [0.1, 0.15) is 6.04 Å². The number of rotatable bonds is 4. The van der Waals surface area contributed by atoms with E-state index in [1.807, 2.05) is 39.0 Å². The number of carbonyl (C=O) groups is 1. The Bertz CT molecular complexity index is 1090. The topological polar surface area (TPSA) is 51.1 Å². The minimum atomic E-state index is -0.659. The number of pyridine rings is 1. The smallest absolute Gasteiger partial charge is 0.252 e. The summed E-state index contributed by atoms with van der Waals surface area (Å²) in [7, 11) is 0. The number of hydrogen-bond donors (Lipinski definition) is 1. The maximum absolute atomic E-state index is 13.0. The van der Waals surface area contributed by atoms with Gasteiger partial charge in [-0.25, -0.2) is 0 Å². The van der Waals surface area contributed by atoms with Crippen molar-refractivity contribution >= 4 is 45.7 Å². The van der Waals surface area contributed by atoms with Crippen LogP contribution in [0.1, 0.15) is 30.5 Å². The van der Waals surface area contributed by atoms with Crippen LogP contribution in [0.15, 0.2) is 47.3 Å². The molecule has 0 spiro atoms. The van der Waals surface area contributed by atoms with Crippen molar-refractivity contribution in [3.8, 4) is 0 Å². The molecule has 0 saturated heterocycles. The molecule has 1 heterocycles. The quantitative estimate of drug-likeness (QED) is 0.624. The largest absolute Gasteiger partial charge is 0.323 e. The molecule has 1 amide bonds. The molecule has 6 heteroatoms. The summed E-state index contributed by atoms with van der Waals surface area (Å²) in [5, 5.41) is 4.62. The number of benzene rings is 2. The van der Waals surface area contributed by atoms with Gasteiger partial charge in [-0.3, -0.25) is 14.2 Å². The average Bonchev–Trinajstić information content (AvgIpc) is 2.61. The molecular formula is C21H20Cl2N2O2. The van der Waals surface area contributed by atoms with Gasteiger partial charge in [0.25, 0.3) is 5.56 Å². The normalized spacial score (nSPS) is 12.2. The molecular weight excluding hydrogens is 383 g/mol. The number of anilines is 1. The lowest BCUT2D eigenvalue weighted by molar-refractivity contribution is -0.119. The zero-order valence-electron chi connectivity index (χ0n) is 15.3. The number of para-hydroxylation sites is 1. The first-order valence-corrected chi connectivity index (χ1v) is 9.46. The monoisotopic (exact) mass is 402 g/mol. The van der Waals surface area contributed by atoms with E-state index in [0.29, 0.717) is 22.2 Å². The fraction of sp³-hybridized carbons (Fsp3) is 0.238.